The third-order valence-corrected chi connectivity index (χ3v) is 8.60. The quantitative estimate of drug-likeness (QED) is 0.0534. The van der Waals surface area contributed by atoms with E-state index in [2.05, 4.69) is 73.1 Å². The van der Waals surface area contributed by atoms with E-state index in [1.807, 2.05) is 7.05 Å². The van der Waals surface area contributed by atoms with Gasteiger partial charge in [0.15, 0.2) is 0 Å². The molecule has 0 bridgehead atoms. The van der Waals surface area contributed by atoms with Crippen LogP contribution in [0.1, 0.15) is 187 Å². The first-order chi connectivity index (χ1) is 22.7. The highest BCUT2D eigenvalue weighted by Gasteiger charge is 2.14. The molecule has 268 valence electrons. The minimum absolute atomic E-state index is 0.0564. The van der Waals surface area contributed by atoms with E-state index < -0.39 is 0 Å². The van der Waals surface area contributed by atoms with Crippen LogP contribution in [0.2, 0.25) is 0 Å². The normalized spacial score (nSPS) is 12.2. The molecule has 0 aromatic heterocycles. The molecule has 0 aliphatic heterocycles. The number of amides is 1. The fraction of sp³-hybridized carbons (Fsp3) is 0.786. The second-order valence-corrected chi connectivity index (χ2v) is 13.2. The maximum atomic E-state index is 12.4. The molecule has 46 heavy (non-hydrogen) atoms. The van der Waals surface area contributed by atoms with Gasteiger partial charge in [-0.15, -0.1) is 0 Å². The van der Waals surface area contributed by atoms with Crippen LogP contribution in [-0.2, 0) is 4.74 Å². The van der Waals surface area contributed by atoms with Crippen molar-refractivity contribution in [2.24, 2.45) is 0 Å². The lowest BCUT2D eigenvalue weighted by molar-refractivity contribution is 0.0841. The Hall–Kier alpha value is -1.81. The molecule has 0 heterocycles. The number of hydrogen-bond acceptors (Lipinski definition) is 3. The van der Waals surface area contributed by atoms with Crippen LogP contribution in [0, 0.1) is 0 Å². The second-order valence-electron chi connectivity index (χ2n) is 13.2. The van der Waals surface area contributed by atoms with Crippen LogP contribution in [0.15, 0.2) is 48.6 Å². The second kappa shape index (κ2) is 39.4. The van der Waals surface area contributed by atoms with E-state index in [0.29, 0.717) is 6.54 Å². The topological polar surface area (TPSA) is 50.4 Å². The van der Waals surface area contributed by atoms with Gasteiger partial charge in [0.05, 0.1) is 0 Å². The maximum absolute atomic E-state index is 12.4. The van der Waals surface area contributed by atoms with E-state index in [1.54, 1.807) is 0 Å². The summed E-state index contributed by atoms with van der Waals surface area (Å²) in [6, 6.07) is 0. The number of unbranched alkanes of at least 4 members (excludes halogenated alkanes) is 18. The molecule has 0 aromatic rings. The van der Waals surface area contributed by atoms with Gasteiger partial charge in [0, 0.05) is 6.54 Å². The molecule has 0 saturated carbocycles. The molecule has 0 aliphatic carbocycles. The summed E-state index contributed by atoms with van der Waals surface area (Å²) in [5.41, 5.74) is 0. The number of carbonyl (C=O) groups is 1. The van der Waals surface area contributed by atoms with E-state index in [9.17, 15) is 4.79 Å². The Morgan fingerprint density at radius 1 is 0.500 bits per heavy atom. The molecule has 0 atom stereocenters. The Bertz CT molecular complexity index is 679. The summed E-state index contributed by atoms with van der Waals surface area (Å²) in [6.45, 7) is 6.09. The lowest BCUT2D eigenvalue weighted by atomic mass is 10.0. The van der Waals surface area contributed by atoms with Gasteiger partial charge in [0.25, 0.3) is 0 Å². The minimum Gasteiger partial charge on any atom is -0.446 e. The van der Waals surface area contributed by atoms with Gasteiger partial charge >= 0.3 is 6.09 Å². The molecule has 0 rings (SSSR count). The highest BCUT2D eigenvalue weighted by molar-refractivity contribution is 5.67. The Kier molecular flexibility index (Phi) is 37.8. The van der Waals surface area contributed by atoms with Crippen molar-refractivity contribution in [2.75, 3.05) is 20.1 Å². The molecule has 0 aliphatic rings. The number of alkyl carbamates (subject to hydrolysis) is 1. The third-order valence-electron chi connectivity index (χ3n) is 8.60. The van der Waals surface area contributed by atoms with Crippen molar-refractivity contribution in [1.29, 1.82) is 0 Å². The standard InChI is InChI=1S/C42H78N2O2/c1-4-6-8-10-12-14-16-18-20-22-24-26-28-30-32-34-37-41(46-42(45)44-40-36-39-43-3)38-35-33-31-29-27-25-23-21-19-17-15-13-11-9-7-5-2/h12-15,18-21,41,43H,4-11,16-17,22-40H2,1-3H3,(H,44,45)/b14-12-,15-13-,20-18-,21-19-. The van der Waals surface area contributed by atoms with Crippen molar-refractivity contribution in [3.05, 3.63) is 48.6 Å². The highest BCUT2D eigenvalue weighted by Crippen LogP contribution is 2.17. The van der Waals surface area contributed by atoms with Crippen molar-refractivity contribution in [3.63, 3.8) is 0 Å². The van der Waals surface area contributed by atoms with E-state index >= 15 is 0 Å². The van der Waals surface area contributed by atoms with Gasteiger partial charge in [-0.25, -0.2) is 4.79 Å². The van der Waals surface area contributed by atoms with Gasteiger partial charge in [-0.1, -0.05) is 140 Å². The molecular formula is C42H78N2O2. The fourth-order valence-corrected chi connectivity index (χ4v) is 5.63. The molecule has 0 radical (unpaired) electrons. The van der Waals surface area contributed by atoms with Crippen LogP contribution in [0.25, 0.3) is 0 Å². The SMILES string of the molecule is CCCCC/C=C\C/C=C\CCCCCCCCC(CCCCCCCC/C=C\C/C=C\CCCCC)OC(=O)NCCCNC. The summed E-state index contributed by atoms with van der Waals surface area (Å²) in [5, 5.41) is 6.07. The Labute approximate surface area is 287 Å². The van der Waals surface area contributed by atoms with Gasteiger partial charge in [0.2, 0.25) is 0 Å². The Morgan fingerprint density at radius 3 is 1.30 bits per heavy atom. The van der Waals surface area contributed by atoms with Crippen molar-refractivity contribution in [3.8, 4) is 0 Å². The molecular weight excluding hydrogens is 564 g/mol. The van der Waals surface area contributed by atoms with Gasteiger partial charge < -0.3 is 15.4 Å². The van der Waals surface area contributed by atoms with Crippen molar-refractivity contribution < 1.29 is 9.53 Å². The van der Waals surface area contributed by atoms with E-state index in [4.69, 9.17) is 4.74 Å². The molecule has 0 spiro atoms. The average Bonchev–Trinajstić information content (AvgIpc) is 3.06. The van der Waals surface area contributed by atoms with Gasteiger partial charge in [-0.05, 0) is 110 Å². The smallest absolute Gasteiger partial charge is 0.407 e. The third kappa shape index (κ3) is 36.7. The van der Waals surface area contributed by atoms with Crippen LogP contribution < -0.4 is 10.6 Å². The predicted molar refractivity (Wildman–Crippen MR) is 205 cm³/mol. The van der Waals surface area contributed by atoms with Gasteiger partial charge in [0.1, 0.15) is 6.10 Å². The summed E-state index contributed by atoms with van der Waals surface area (Å²) in [5.74, 6) is 0. The molecule has 0 saturated heterocycles. The maximum Gasteiger partial charge on any atom is 0.407 e. The molecule has 0 unspecified atom stereocenters. The van der Waals surface area contributed by atoms with Crippen LogP contribution in [0.4, 0.5) is 4.79 Å². The van der Waals surface area contributed by atoms with Crippen LogP contribution >= 0.6 is 0 Å². The first-order valence-electron chi connectivity index (χ1n) is 19.9. The van der Waals surface area contributed by atoms with E-state index in [0.717, 1.165) is 51.5 Å². The number of nitrogens with one attached hydrogen (secondary N) is 2. The number of rotatable bonds is 35. The first-order valence-corrected chi connectivity index (χ1v) is 19.9. The van der Waals surface area contributed by atoms with Crippen molar-refractivity contribution in [1.82, 2.24) is 10.6 Å². The minimum atomic E-state index is -0.235. The Morgan fingerprint density at radius 2 is 0.891 bits per heavy atom. The lowest BCUT2D eigenvalue weighted by Gasteiger charge is -2.18. The largest absolute Gasteiger partial charge is 0.446 e. The van der Waals surface area contributed by atoms with Crippen LogP contribution in [0.5, 0.6) is 0 Å². The highest BCUT2D eigenvalue weighted by atomic mass is 16.6. The zero-order valence-corrected chi connectivity index (χ0v) is 31.0. The van der Waals surface area contributed by atoms with Crippen LogP contribution in [-0.4, -0.2) is 32.3 Å². The average molecular weight is 643 g/mol. The molecule has 0 aromatic carbocycles. The van der Waals surface area contributed by atoms with Crippen molar-refractivity contribution in [2.45, 2.75) is 193 Å². The van der Waals surface area contributed by atoms with Crippen molar-refractivity contribution >= 4 is 6.09 Å². The number of allylic oxidation sites excluding steroid dienone is 8. The fourth-order valence-electron chi connectivity index (χ4n) is 5.63. The molecule has 4 nitrogen and oxygen atoms in total. The molecule has 4 heteroatoms. The Balaban J connectivity index is 4.00. The summed E-state index contributed by atoms with van der Waals surface area (Å²) in [6.07, 6.45) is 51.6. The van der Waals surface area contributed by atoms with E-state index in [-0.39, 0.29) is 12.2 Å². The number of ether oxygens (including phenoxy) is 1. The first kappa shape index (κ1) is 44.2. The molecule has 1 amide bonds. The van der Waals surface area contributed by atoms with Gasteiger partial charge in [-0.3, -0.25) is 0 Å². The predicted octanol–water partition coefficient (Wildman–Crippen LogP) is 13.1. The summed E-state index contributed by atoms with van der Waals surface area (Å²) >= 11 is 0. The zero-order valence-electron chi connectivity index (χ0n) is 31.0. The lowest BCUT2D eigenvalue weighted by Crippen LogP contribution is -2.31. The molecule has 2 N–H and O–H groups in total. The molecule has 0 fully saturated rings. The van der Waals surface area contributed by atoms with Crippen LogP contribution in [0.3, 0.4) is 0 Å². The van der Waals surface area contributed by atoms with E-state index in [1.165, 1.54) is 128 Å². The van der Waals surface area contributed by atoms with Gasteiger partial charge in [-0.2, -0.15) is 0 Å². The summed E-state index contributed by atoms with van der Waals surface area (Å²) in [7, 11) is 1.94. The summed E-state index contributed by atoms with van der Waals surface area (Å²) < 4.78 is 5.88. The number of carbonyl (C=O) groups excluding carboxylic acids is 1. The summed E-state index contributed by atoms with van der Waals surface area (Å²) in [4.78, 5) is 12.4. The monoisotopic (exact) mass is 643 g/mol. The number of hydrogen-bond donors (Lipinski definition) is 2. The zero-order chi connectivity index (χ0) is 33.4.